The Bertz CT molecular complexity index is 506. The molecule has 6 heteroatoms. The molecule has 17 heavy (non-hydrogen) atoms. The van der Waals surface area contributed by atoms with Crippen molar-refractivity contribution < 1.29 is 0 Å². The molecule has 0 aliphatic rings. The highest BCUT2D eigenvalue weighted by Crippen LogP contribution is 2.34. The number of nitrogens with zero attached hydrogens (tertiary/aromatic N) is 4. The molecule has 2 N–H and O–H groups in total. The van der Waals surface area contributed by atoms with Crippen LogP contribution in [0.3, 0.4) is 0 Å². The second-order valence-electron chi connectivity index (χ2n) is 4.03. The number of aryl methyl sites for hydroxylation is 1. The highest BCUT2D eigenvalue weighted by Gasteiger charge is 2.16. The lowest BCUT2D eigenvalue weighted by Gasteiger charge is -2.02. The minimum atomic E-state index is 0.320. The minimum Gasteiger partial charge on any atom is -0.395 e. The van der Waals surface area contributed by atoms with Gasteiger partial charge in [0.05, 0.1) is 11.4 Å². The first kappa shape index (κ1) is 11.9. The molecule has 5 nitrogen and oxygen atoms in total. The third-order valence-corrected chi connectivity index (χ3v) is 3.49. The summed E-state index contributed by atoms with van der Waals surface area (Å²) in [5.74, 6) is 0.320. The molecule has 90 valence electrons. The van der Waals surface area contributed by atoms with Crippen molar-refractivity contribution in [3.8, 4) is 0 Å². The van der Waals surface area contributed by atoms with Gasteiger partial charge in [0.25, 0.3) is 0 Å². The molecule has 0 saturated heterocycles. The summed E-state index contributed by atoms with van der Waals surface area (Å²) >= 11 is 1.50. The van der Waals surface area contributed by atoms with Gasteiger partial charge in [0.1, 0.15) is 16.4 Å². The molecule has 2 aromatic heterocycles. The maximum Gasteiger partial charge on any atom is 0.123 e. The third-order valence-electron chi connectivity index (χ3n) is 2.36. The molecule has 0 atom stereocenters. The largest absolute Gasteiger partial charge is 0.395 e. The van der Waals surface area contributed by atoms with E-state index in [1.165, 1.54) is 18.1 Å². The summed E-state index contributed by atoms with van der Waals surface area (Å²) < 4.78 is 1.80. The Morgan fingerprint density at radius 1 is 1.41 bits per heavy atom. The van der Waals surface area contributed by atoms with Crippen molar-refractivity contribution in [3.63, 3.8) is 0 Å². The van der Waals surface area contributed by atoms with Crippen molar-refractivity contribution in [2.45, 2.75) is 29.8 Å². The van der Waals surface area contributed by atoms with Gasteiger partial charge in [-0.25, -0.2) is 9.97 Å². The minimum absolute atomic E-state index is 0.320. The number of anilines is 1. The summed E-state index contributed by atoms with van der Waals surface area (Å²) in [4.78, 5) is 8.05. The molecule has 2 heterocycles. The Hall–Kier alpha value is -1.56. The summed E-state index contributed by atoms with van der Waals surface area (Å²) in [6.45, 7) is 4.16. The topological polar surface area (TPSA) is 69.6 Å². The van der Waals surface area contributed by atoms with Crippen molar-refractivity contribution in [1.29, 1.82) is 0 Å². The van der Waals surface area contributed by atoms with Gasteiger partial charge in [-0.05, 0) is 23.7 Å². The van der Waals surface area contributed by atoms with Crippen LogP contribution in [0, 0.1) is 0 Å². The van der Waals surface area contributed by atoms with E-state index in [2.05, 4.69) is 28.9 Å². The van der Waals surface area contributed by atoms with E-state index in [-0.39, 0.29) is 0 Å². The summed E-state index contributed by atoms with van der Waals surface area (Å²) in [6.07, 6.45) is 3.24. The third kappa shape index (κ3) is 2.41. The molecule has 0 bridgehead atoms. The molecule has 0 unspecified atom stereocenters. The average Bonchev–Trinajstić information content (AvgIpc) is 2.58. The van der Waals surface area contributed by atoms with Crippen LogP contribution in [0.4, 0.5) is 5.69 Å². The van der Waals surface area contributed by atoms with E-state index in [0.29, 0.717) is 5.92 Å². The fraction of sp³-hybridized carbons (Fsp3) is 0.364. The number of nitrogen functional groups attached to an aromatic ring is 1. The number of rotatable bonds is 3. The second kappa shape index (κ2) is 4.75. The average molecular weight is 249 g/mol. The number of aromatic nitrogens is 4. The fourth-order valence-electron chi connectivity index (χ4n) is 1.53. The van der Waals surface area contributed by atoms with Gasteiger partial charge in [-0.15, -0.1) is 0 Å². The summed E-state index contributed by atoms with van der Waals surface area (Å²) in [7, 11) is 1.89. The molecule has 0 aromatic carbocycles. The maximum absolute atomic E-state index is 6.11. The first-order valence-electron chi connectivity index (χ1n) is 5.35. The van der Waals surface area contributed by atoms with E-state index >= 15 is 0 Å². The molecule has 0 amide bonds. The molecule has 0 aliphatic heterocycles. The van der Waals surface area contributed by atoms with Gasteiger partial charge < -0.3 is 5.73 Å². The van der Waals surface area contributed by atoms with Crippen LogP contribution in [0.1, 0.15) is 25.5 Å². The zero-order chi connectivity index (χ0) is 12.4. The van der Waals surface area contributed by atoms with E-state index in [4.69, 9.17) is 5.73 Å². The summed E-state index contributed by atoms with van der Waals surface area (Å²) in [5, 5.41) is 6.22. The Morgan fingerprint density at radius 3 is 2.71 bits per heavy atom. The molecule has 2 aromatic rings. The number of hydrogen-bond donors (Lipinski definition) is 1. The summed E-state index contributed by atoms with van der Waals surface area (Å²) in [6, 6.07) is 1.85. The van der Waals surface area contributed by atoms with Crippen molar-refractivity contribution >= 4 is 17.4 Å². The van der Waals surface area contributed by atoms with Crippen LogP contribution in [0.2, 0.25) is 0 Å². The SMILES string of the molecule is CC(C)c1nn(C)c(Sc2ccncn2)c1N. The zero-order valence-electron chi connectivity index (χ0n) is 10.1. The molecule has 0 fully saturated rings. The number of hydrogen-bond acceptors (Lipinski definition) is 5. The van der Waals surface area contributed by atoms with Crippen molar-refractivity contribution in [2.75, 3.05) is 5.73 Å². The first-order chi connectivity index (χ1) is 8.09. The van der Waals surface area contributed by atoms with Gasteiger partial charge in [0.15, 0.2) is 0 Å². The van der Waals surface area contributed by atoms with Crippen LogP contribution in [0.25, 0.3) is 0 Å². The Labute approximate surface area is 104 Å². The first-order valence-corrected chi connectivity index (χ1v) is 6.17. The van der Waals surface area contributed by atoms with E-state index in [1.54, 1.807) is 10.9 Å². The summed E-state index contributed by atoms with van der Waals surface area (Å²) in [5.41, 5.74) is 7.78. The van der Waals surface area contributed by atoms with Crippen molar-refractivity contribution in [1.82, 2.24) is 19.7 Å². The zero-order valence-corrected chi connectivity index (χ0v) is 10.9. The highest BCUT2D eigenvalue weighted by molar-refractivity contribution is 7.99. The predicted molar refractivity (Wildman–Crippen MR) is 67.9 cm³/mol. The normalized spacial score (nSPS) is 11.1. The Morgan fingerprint density at radius 2 is 2.18 bits per heavy atom. The molecule has 0 spiro atoms. The molecular formula is C11H15N5S. The van der Waals surface area contributed by atoms with Gasteiger partial charge in [-0.1, -0.05) is 13.8 Å². The standard InChI is InChI=1S/C11H15N5S/c1-7(2)10-9(12)11(16(3)15-10)17-8-4-5-13-6-14-8/h4-7H,12H2,1-3H3. The Kier molecular flexibility index (Phi) is 3.33. The fourth-order valence-corrected chi connectivity index (χ4v) is 2.34. The van der Waals surface area contributed by atoms with Gasteiger partial charge in [-0.3, -0.25) is 4.68 Å². The van der Waals surface area contributed by atoms with Gasteiger partial charge in [0, 0.05) is 13.2 Å². The van der Waals surface area contributed by atoms with Crippen LogP contribution in [0.5, 0.6) is 0 Å². The Balaban J connectivity index is 2.34. The van der Waals surface area contributed by atoms with Crippen LogP contribution < -0.4 is 5.73 Å². The van der Waals surface area contributed by atoms with Crippen LogP contribution in [-0.2, 0) is 7.05 Å². The van der Waals surface area contributed by atoms with Gasteiger partial charge >= 0.3 is 0 Å². The maximum atomic E-state index is 6.11. The van der Waals surface area contributed by atoms with E-state index in [9.17, 15) is 0 Å². The molecule has 0 aliphatic carbocycles. The molecule has 2 rings (SSSR count). The lowest BCUT2D eigenvalue weighted by atomic mass is 10.1. The molecular weight excluding hydrogens is 234 g/mol. The lowest BCUT2D eigenvalue weighted by molar-refractivity contribution is 0.670. The quantitative estimate of drug-likeness (QED) is 0.843. The van der Waals surface area contributed by atoms with Gasteiger partial charge in [0.2, 0.25) is 0 Å². The van der Waals surface area contributed by atoms with Crippen molar-refractivity contribution in [3.05, 3.63) is 24.3 Å². The molecule has 0 radical (unpaired) electrons. The van der Waals surface area contributed by atoms with Crippen LogP contribution >= 0.6 is 11.8 Å². The second-order valence-corrected chi connectivity index (χ2v) is 5.04. The monoisotopic (exact) mass is 249 g/mol. The lowest BCUT2D eigenvalue weighted by Crippen LogP contribution is -1.94. The highest BCUT2D eigenvalue weighted by atomic mass is 32.2. The smallest absolute Gasteiger partial charge is 0.123 e. The van der Waals surface area contributed by atoms with Crippen molar-refractivity contribution in [2.24, 2.45) is 7.05 Å². The van der Waals surface area contributed by atoms with Gasteiger partial charge in [-0.2, -0.15) is 5.10 Å². The predicted octanol–water partition coefficient (Wildman–Crippen LogP) is 2.07. The van der Waals surface area contributed by atoms with E-state index in [1.807, 2.05) is 13.1 Å². The van der Waals surface area contributed by atoms with E-state index in [0.717, 1.165) is 21.4 Å². The number of nitrogens with two attached hydrogens (primary N) is 1. The van der Waals surface area contributed by atoms with Crippen LogP contribution in [-0.4, -0.2) is 19.7 Å². The van der Waals surface area contributed by atoms with E-state index < -0.39 is 0 Å². The van der Waals surface area contributed by atoms with Crippen LogP contribution in [0.15, 0.2) is 28.6 Å². The molecule has 0 saturated carbocycles.